The van der Waals surface area contributed by atoms with Gasteiger partial charge in [-0.1, -0.05) is 0 Å². The van der Waals surface area contributed by atoms with E-state index in [9.17, 15) is 9.00 Å². The van der Waals surface area contributed by atoms with Gasteiger partial charge in [-0.05, 0) is 30.4 Å². The van der Waals surface area contributed by atoms with Crippen LogP contribution in [0, 0.1) is 0 Å². The van der Waals surface area contributed by atoms with Crippen molar-refractivity contribution in [1.29, 1.82) is 0 Å². The van der Waals surface area contributed by atoms with Crippen LogP contribution in [0.4, 0.5) is 16.2 Å². The van der Waals surface area contributed by atoms with E-state index in [1.807, 2.05) is 0 Å². The Morgan fingerprint density at radius 1 is 1.43 bits per heavy atom. The lowest BCUT2D eigenvalue weighted by atomic mass is 10.3. The van der Waals surface area contributed by atoms with Gasteiger partial charge in [-0.15, -0.1) is 0 Å². The molecule has 116 valence electrons. The Hall–Kier alpha value is -1.71. The molecular formula is C12H17N3O4S2. The molecule has 1 aromatic rings. The molecule has 0 fully saturated rings. The van der Waals surface area contributed by atoms with E-state index < -0.39 is 16.9 Å². The van der Waals surface area contributed by atoms with Crippen molar-refractivity contribution in [2.75, 3.05) is 37.6 Å². The van der Waals surface area contributed by atoms with Crippen LogP contribution < -0.4 is 16.4 Å². The molecule has 1 rings (SSSR count). The molecule has 9 heteroatoms. The van der Waals surface area contributed by atoms with Crippen LogP contribution in [0.3, 0.4) is 0 Å². The lowest BCUT2D eigenvalue weighted by molar-refractivity contribution is 0.177. The number of thiocarbonyl (C=S) groups is 1. The lowest BCUT2D eigenvalue weighted by Crippen LogP contribution is -2.34. The summed E-state index contributed by atoms with van der Waals surface area (Å²) in [5.74, 6) is 0.380. The number of nitrogens with one attached hydrogen (secondary N) is 2. The van der Waals surface area contributed by atoms with Gasteiger partial charge in [0.1, 0.15) is 0 Å². The predicted octanol–water partition coefficient (Wildman–Crippen LogP) is 1.08. The molecular weight excluding hydrogens is 314 g/mol. The second-order valence-electron chi connectivity index (χ2n) is 3.86. The first-order valence-corrected chi connectivity index (χ1v) is 7.63. The number of carbonyl (C=O) groups is 1. The minimum atomic E-state index is -1.20. The van der Waals surface area contributed by atoms with E-state index in [0.29, 0.717) is 28.6 Å². The summed E-state index contributed by atoms with van der Waals surface area (Å²) >= 11 is 4.94. The van der Waals surface area contributed by atoms with Crippen molar-refractivity contribution in [1.82, 2.24) is 5.32 Å². The van der Waals surface area contributed by atoms with Crippen molar-refractivity contribution in [3.63, 3.8) is 0 Å². The molecule has 1 aromatic carbocycles. The number of hydrogen-bond donors (Lipinski definition) is 3. The predicted molar refractivity (Wildman–Crippen MR) is 85.8 cm³/mol. The Bertz CT molecular complexity index is 551. The van der Waals surface area contributed by atoms with E-state index in [0.717, 1.165) is 0 Å². The van der Waals surface area contributed by atoms with Gasteiger partial charge in [0.25, 0.3) is 0 Å². The number of amides is 1. The van der Waals surface area contributed by atoms with E-state index in [2.05, 4.69) is 15.4 Å². The van der Waals surface area contributed by atoms with Crippen LogP contribution >= 0.6 is 12.2 Å². The molecule has 0 aliphatic rings. The van der Waals surface area contributed by atoms with E-state index >= 15 is 0 Å². The van der Waals surface area contributed by atoms with E-state index in [1.54, 1.807) is 25.3 Å². The molecule has 0 spiro atoms. The summed E-state index contributed by atoms with van der Waals surface area (Å²) in [5.41, 5.74) is 6.68. The van der Waals surface area contributed by atoms with Crippen LogP contribution in [0.25, 0.3) is 0 Å². The Kier molecular flexibility index (Phi) is 7.06. The molecule has 1 atom stereocenters. The smallest absolute Gasteiger partial charge is 0.413 e. The normalized spacial score (nSPS) is 11.5. The number of hydrogen-bond acceptors (Lipinski definition) is 6. The first kappa shape index (κ1) is 17.3. The number of anilines is 2. The number of rotatable bonds is 5. The van der Waals surface area contributed by atoms with Gasteiger partial charge in [-0.25, -0.2) is 4.79 Å². The van der Waals surface area contributed by atoms with Crippen molar-refractivity contribution in [2.24, 2.45) is 0 Å². The lowest BCUT2D eigenvalue weighted by Gasteiger charge is -2.12. The van der Waals surface area contributed by atoms with Crippen LogP contribution in [-0.4, -0.2) is 42.0 Å². The first-order valence-electron chi connectivity index (χ1n) is 5.90. The molecule has 7 nitrogen and oxygen atoms in total. The largest absolute Gasteiger partial charge is 0.453 e. The number of alkyl carbamates (subject to hydrolysis) is 1. The van der Waals surface area contributed by atoms with Crippen LogP contribution in [0.2, 0.25) is 0 Å². The summed E-state index contributed by atoms with van der Waals surface area (Å²) in [7, 11) is 1.57. The molecule has 0 saturated heterocycles. The van der Waals surface area contributed by atoms with Crippen molar-refractivity contribution in [3.05, 3.63) is 18.2 Å². The maximum absolute atomic E-state index is 12.0. The van der Waals surface area contributed by atoms with Crippen molar-refractivity contribution in [2.45, 2.75) is 4.90 Å². The zero-order valence-corrected chi connectivity index (χ0v) is 13.3. The minimum absolute atomic E-state index is 0.0355. The highest BCUT2D eigenvalue weighted by atomic mass is 32.2. The Morgan fingerprint density at radius 2 is 2.14 bits per heavy atom. The van der Waals surface area contributed by atoms with Gasteiger partial charge < -0.3 is 20.5 Å². The topological polar surface area (TPSA) is 103 Å². The number of methoxy groups -OCH3 is 2. The molecule has 0 bridgehead atoms. The van der Waals surface area contributed by atoms with Gasteiger partial charge in [0, 0.05) is 12.0 Å². The Labute approximate surface area is 130 Å². The number of carbonyl (C=O) groups excluding carboxylic acids is 1. The van der Waals surface area contributed by atoms with Gasteiger partial charge in [-0.2, -0.15) is 0 Å². The standard InChI is InChI=1S/C12H17N3O4S2/c1-18-5-6-21(17)8-3-4-9(13)10(7-8)14-11(20)15-12(16)19-2/h3-4,7H,5-6,13H2,1-2H3,(H2,14,15,16,20). The average Bonchev–Trinajstić information content (AvgIpc) is 2.46. The highest BCUT2D eigenvalue weighted by Gasteiger charge is 2.10. The second-order valence-corrected chi connectivity index (χ2v) is 5.84. The van der Waals surface area contributed by atoms with Crippen molar-refractivity contribution < 1.29 is 18.5 Å². The SMILES string of the molecule is COCCS(=O)c1ccc(N)c(NC(=S)NC(=O)OC)c1. The first-order chi connectivity index (χ1) is 9.97. The molecule has 0 aliphatic heterocycles. The van der Waals surface area contributed by atoms with Crippen LogP contribution in [0.15, 0.2) is 23.1 Å². The highest BCUT2D eigenvalue weighted by molar-refractivity contribution is 7.85. The molecule has 1 amide bonds. The van der Waals surface area contributed by atoms with E-state index in [1.165, 1.54) is 7.11 Å². The summed E-state index contributed by atoms with van der Waals surface area (Å²) < 4.78 is 21.3. The molecule has 0 aliphatic carbocycles. The molecule has 0 aromatic heterocycles. The summed E-state index contributed by atoms with van der Waals surface area (Å²) in [6.45, 7) is 0.391. The number of ether oxygens (including phenoxy) is 2. The molecule has 0 saturated carbocycles. The van der Waals surface area contributed by atoms with Crippen LogP contribution in [0.1, 0.15) is 0 Å². The maximum Gasteiger partial charge on any atom is 0.413 e. The fourth-order valence-corrected chi connectivity index (χ4v) is 2.58. The fraction of sp³-hybridized carbons (Fsp3) is 0.333. The summed E-state index contributed by atoms with van der Waals surface area (Å²) in [6, 6.07) is 4.90. The van der Waals surface area contributed by atoms with Crippen LogP contribution in [0.5, 0.6) is 0 Å². The third kappa shape index (κ3) is 5.66. The zero-order chi connectivity index (χ0) is 15.8. The highest BCUT2D eigenvalue weighted by Crippen LogP contribution is 2.22. The second kappa shape index (κ2) is 8.55. The van der Waals surface area contributed by atoms with E-state index in [-0.39, 0.29) is 5.11 Å². The van der Waals surface area contributed by atoms with Gasteiger partial charge >= 0.3 is 6.09 Å². The zero-order valence-electron chi connectivity index (χ0n) is 11.7. The van der Waals surface area contributed by atoms with E-state index in [4.69, 9.17) is 22.7 Å². The van der Waals surface area contributed by atoms with Gasteiger partial charge in [-0.3, -0.25) is 9.53 Å². The molecule has 4 N–H and O–H groups in total. The number of nitrogens with two attached hydrogens (primary N) is 1. The van der Waals surface area contributed by atoms with Crippen molar-refractivity contribution in [3.8, 4) is 0 Å². The molecule has 0 heterocycles. The average molecular weight is 331 g/mol. The number of nitrogen functional groups attached to an aromatic ring is 1. The van der Waals surface area contributed by atoms with Gasteiger partial charge in [0.05, 0.1) is 41.6 Å². The fourth-order valence-electron chi connectivity index (χ4n) is 1.36. The Morgan fingerprint density at radius 3 is 2.76 bits per heavy atom. The molecule has 1 unspecified atom stereocenters. The monoisotopic (exact) mass is 331 g/mol. The molecule has 21 heavy (non-hydrogen) atoms. The van der Waals surface area contributed by atoms with Crippen LogP contribution in [-0.2, 0) is 20.3 Å². The minimum Gasteiger partial charge on any atom is -0.453 e. The van der Waals surface area contributed by atoms with Gasteiger partial charge in [0.2, 0.25) is 0 Å². The summed E-state index contributed by atoms with van der Waals surface area (Å²) in [4.78, 5) is 11.6. The molecule has 0 radical (unpaired) electrons. The third-order valence-corrected chi connectivity index (χ3v) is 3.93. The summed E-state index contributed by atoms with van der Waals surface area (Å²) in [6.07, 6.45) is -0.689. The maximum atomic E-state index is 12.0. The van der Waals surface area contributed by atoms with Crippen molar-refractivity contribution >= 4 is 45.6 Å². The third-order valence-electron chi connectivity index (χ3n) is 2.41. The Balaban J connectivity index is 2.80. The van der Waals surface area contributed by atoms with Gasteiger partial charge in [0.15, 0.2) is 5.11 Å². The quantitative estimate of drug-likeness (QED) is 0.548. The number of benzene rings is 1. The summed E-state index contributed by atoms with van der Waals surface area (Å²) in [5, 5.41) is 5.09.